The van der Waals surface area contributed by atoms with Crippen LogP contribution in [0.4, 0.5) is 0 Å². The van der Waals surface area contributed by atoms with Crippen LogP contribution < -0.4 is 5.32 Å². The summed E-state index contributed by atoms with van der Waals surface area (Å²) in [5.41, 5.74) is 0. The van der Waals surface area contributed by atoms with Gasteiger partial charge in [-0.15, -0.1) is 0 Å². The molecule has 1 aliphatic heterocycles. The van der Waals surface area contributed by atoms with Gasteiger partial charge < -0.3 is 5.32 Å². The molecule has 0 unspecified atom stereocenters. The van der Waals surface area contributed by atoms with E-state index < -0.39 is 0 Å². The highest BCUT2D eigenvalue weighted by molar-refractivity contribution is 4.92. The second-order valence-corrected chi connectivity index (χ2v) is 4.14. The molecule has 0 atom stereocenters. The average molecular weight is 179 g/mol. The molecule has 2 rings (SSSR count). The van der Waals surface area contributed by atoms with E-state index >= 15 is 0 Å². The molecule has 0 radical (unpaired) electrons. The first-order valence-electron chi connectivity index (χ1n) is 5.22. The van der Waals surface area contributed by atoms with Crippen molar-refractivity contribution in [3.8, 4) is 6.07 Å². The molecular formula is C10H17N3. The summed E-state index contributed by atoms with van der Waals surface area (Å²) in [5.74, 6) is 0.699. The van der Waals surface area contributed by atoms with Gasteiger partial charge in [0.2, 0.25) is 0 Å². The quantitative estimate of drug-likeness (QED) is 0.674. The summed E-state index contributed by atoms with van der Waals surface area (Å²) < 4.78 is 0. The van der Waals surface area contributed by atoms with Crippen molar-refractivity contribution in [3.63, 3.8) is 0 Å². The SMILES string of the molecule is N#CC[C@H]1C[C@H](N2CCNCC2)C1. The van der Waals surface area contributed by atoms with Crippen LogP contribution in [-0.2, 0) is 0 Å². The molecule has 3 heteroatoms. The largest absolute Gasteiger partial charge is 0.314 e. The molecule has 3 nitrogen and oxygen atoms in total. The third-order valence-corrected chi connectivity index (χ3v) is 3.26. The highest BCUT2D eigenvalue weighted by atomic mass is 15.2. The van der Waals surface area contributed by atoms with E-state index in [1.54, 1.807) is 0 Å². The van der Waals surface area contributed by atoms with E-state index in [4.69, 9.17) is 5.26 Å². The molecular weight excluding hydrogens is 162 g/mol. The van der Waals surface area contributed by atoms with Gasteiger partial charge in [-0.2, -0.15) is 5.26 Å². The highest BCUT2D eigenvalue weighted by Crippen LogP contribution is 2.33. The van der Waals surface area contributed by atoms with Gasteiger partial charge in [-0.25, -0.2) is 0 Å². The van der Waals surface area contributed by atoms with E-state index in [9.17, 15) is 0 Å². The van der Waals surface area contributed by atoms with Crippen molar-refractivity contribution in [2.24, 2.45) is 5.92 Å². The van der Waals surface area contributed by atoms with Crippen molar-refractivity contribution in [1.29, 1.82) is 5.26 Å². The Balaban J connectivity index is 1.70. The summed E-state index contributed by atoms with van der Waals surface area (Å²) in [7, 11) is 0. The first kappa shape index (κ1) is 8.98. The number of rotatable bonds is 2. The summed E-state index contributed by atoms with van der Waals surface area (Å²) in [6, 6.07) is 3.05. The second-order valence-electron chi connectivity index (χ2n) is 4.14. The first-order chi connectivity index (χ1) is 6.40. The minimum Gasteiger partial charge on any atom is -0.314 e. The van der Waals surface area contributed by atoms with Gasteiger partial charge in [-0.05, 0) is 18.8 Å². The van der Waals surface area contributed by atoms with Gasteiger partial charge in [0.1, 0.15) is 0 Å². The minimum absolute atomic E-state index is 0.699. The zero-order valence-electron chi connectivity index (χ0n) is 8.00. The molecule has 72 valence electrons. The topological polar surface area (TPSA) is 39.1 Å². The Morgan fingerprint density at radius 3 is 2.62 bits per heavy atom. The van der Waals surface area contributed by atoms with Crippen LogP contribution in [0.15, 0.2) is 0 Å². The Morgan fingerprint density at radius 2 is 2.00 bits per heavy atom. The summed E-state index contributed by atoms with van der Waals surface area (Å²) in [6.07, 6.45) is 3.28. The lowest BCUT2D eigenvalue weighted by atomic mass is 9.77. The van der Waals surface area contributed by atoms with Gasteiger partial charge in [0.05, 0.1) is 6.07 Å². The van der Waals surface area contributed by atoms with E-state index in [2.05, 4.69) is 16.3 Å². The molecule has 0 spiro atoms. The van der Waals surface area contributed by atoms with Crippen LogP contribution in [0.2, 0.25) is 0 Å². The van der Waals surface area contributed by atoms with Crippen LogP contribution in [0, 0.1) is 17.2 Å². The van der Waals surface area contributed by atoms with Crippen LogP contribution in [0.3, 0.4) is 0 Å². The predicted octanol–water partition coefficient (Wildman–Crippen LogP) is 0.584. The van der Waals surface area contributed by atoms with Crippen molar-refractivity contribution >= 4 is 0 Å². The van der Waals surface area contributed by atoms with Crippen molar-refractivity contribution in [1.82, 2.24) is 10.2 Å². The number of piperazine rings is 1. The van der Waals surface area contributed by atoms with E-state index in [-0.39, 0.29) is 0 Å². The lowest BCUT2D eigenvalue weighted by molar-refractivity contribution is 0.0696. The van der Waals surface area contributed by atoms with Gasteiger partial charge in [0.25, 0.3) is 0 Å². The fraction of sp³-hybridized carbons (Fsp3) is 0.900. The maximum Gasteiger partial charge on any atom is 0.0624 e. The van der Waals surface area contributed by atoms with Gasteiger partial charge in [0.15, 0.2) is 0 Å². The van der Waals surface area contributed by atoms with E-state index in [1.165, 1.54) is 25.9 Å². The first-order valence-corrected chi connectivity index (χ1v) is 5.22. The van der Waals surface area contributed by atoms with Crippen LogP contribution in [0.25, 0.3) is 0 Å². The fourth-order valence-electron chi connectivity index (χ4n) is 2.34. The normalized spacial score (nSPS) is 35.0. The molecule has 0 aromatic rings. The highest BCUT2D eigenvalue weighted by Gasteiger charge is 2.33. The Bertz CT molecular complexity index is 197. The van der Waals surface area contributed by atoms with Gasteiger partial charge in [-0.3, -0.25) is 4.90 Å². The monoisotopic (exact) mass is 179 g/mol. The van der Waals surface area contributed by atoms with Crippen molar-refractivity contribution < 1.29 is 0 Å². The molecule has 1 heterocycles. The molecule has 1 saturated carbocycles. The fourth-order valence-corrected chi connectivity index (χ4v) is 2.34. The third kappa shape index (κ3) is 2.01. The summed E-state index contributed by atoms with van der Waals surface area (Å²) in [6.45, 7) is 4.67. The standard InChI is InChI=1S/C10H17N3/c11-2-1-9-7-10(8-9)13-5-3-12-4-6-13/h9-10,12H,1,3-8H2/t9-,10-. The zero-order valence-corrected chi connectivity index (χ0v) is 8.00. The van der Waals surface area contributed by atoms with E-state index in [0.717, 1.165) is 25.6 Å². The van der Waals surface area contributed by atoms with Crippen LogP contribution in [0.5, 0.6) is 0 Å². The number of hydrogen-bond donors (Lipinski definition) is 1. The second kappa shape index (κ2) is 4.08. The average Bonchev–Trinajstić information content (AvgIpc) is 2.12. The lowest BCUT2D eigenvalue weighted by Crippen LogP contribution is -2.52. The van der Waals surface area contributed by atoms with Gasteiger partial charge in [0, 0.05) is 38.6 Å². The number of nitriles is 1. The Labute approximate surface area is 79.7 Å². The molecule has 2 aliphatic rings. The third-order valence-electron chi connectivity index (χ3n) is 3.26. The van der Waals surface area contributed by atoms with Crippen LogP contribution >= 0.6 is 0 Å². The Hall–Kier alpha value is -0.590. The summed E-state index contributed by atoms with van der Waals surface area (Å²) in [4.78, 5) is 2.57. The van der Waals surface area contributed by atoms with E-state index in [1.807, 2.05) is 0 Å². The maximum atomic E-state index is 8.52. The minimum atomic E-state index is 0.699. The lowest BCUT2D eigenvalue weighted by Gasteiger charge is -2.44. The molecule has 1 aliphatic carbocycles. The van der Waals surface area contributed by atoms with Gasteiger partial charge in [-0.1, -0.05) is 0 Å². The number of hydrogen-bond acceptors (Lipinski definition) is 3. The molecule has 1 N–H and O–H groups in total. The zero-order chi connectivity index (χ0) is 9.10. The summed E-state index contributed by atoms with van der Waals surface area (Å²) >= 11 is 0. The van der Waals surface area contributed by atoms with Crippen LogP contribution in [0.1, 0.15) is 19.3 Å². The predicted molar refractivity (Wildman–Crippen MR) is 51.2 cm³/mol. The Morgan fingerprint density at radius 1 is 1.31 bits per heavy atom. The molecule has 2 fully saturated rings. The molecule has 0 aromatic carbocycles. The smallest absolute Gasteiger partial charge is 0.0624 e. The molecule has 0 amide bonds. The molecule has 0 bridgehead atoms. The summed E-state index contributed by atoms with van der Waals surface area (Å²) in [5, 5.41) is 11.9. The molecule has 0 aromatic heterocycles. The number of nitrogens with one attached hydrogen (secondary N) is 1. The Kier molecular flexibility index (Phi) is 2.82. The van der Waals surface area contributed by atoms with Crippen molar-refractivity contribution in [2.75, 3.05) is 26.2 Å². The molecule has 1 saturated heterocycles. The van der Waals surface area contributed by atoms with Gasteiger partial charge >= 0.3 is 0 Å². The van der Waals surface area contributed by atoms with Crippen molar-refractivity contribution in [2.45, 2.75) is 25.3 Å². The van der Waals surface area contributed by atoms with E-state index in [0.29, 0.717) is 5.92 Å². The maximum absolute atomic E-state index is 8.52. The van der Waals surface area contributed by atoms with Crippen molar-refractivity contribution in [3.05, 3.63) is 0 Å². The molecule has 13 heavy (non-hydrogen) atoms. The van der Waals surface area contributed by atoms with Crippen LogP contribution in [-0.4, -0.2) is 37.1 Å². The number of nitrogens with zero attached hydrogens (tertiary/aromatic N) is 2.